The summed E-state index contributed by atoms with van der Waals surface area (Å²) in [5.74, 6) is -0.0101. The highest BCUT2D eigenvalue weighted by Gasteiger charge is 2.28. The molecule has 2 aliphatic heterocycles. The van der Waals surface area contributed by atoms with E-state index in [9.17, 15) is 14.3 Å². The van der Waals surface area contributed by atoms with Gasteiger partial charge in [0.25, 0.3) is 0 Å². The number of hydrogen-bond acceptors (Lipinski definition) is 5. The average molecular weight is 425 g/mol. The lowest BCUT2D eigenvalue weighted by Crippen LogP contribution is -2.37. The summed E-state index contributed by atoms with van der Waals surface area (Å²) in [6, 6.07) is 7.21. The molecule has 6 heteroatoms. The number of fused-ring (bicyclic) bond motifs is 1. The van der Waals surface area contributed by atoms with E-state index in [4.69, 9.17) is 9.73 Å². The van der Waals surface area contributed by atoms with Gasteiger partial charge in [-0.2, -0.15) is 0 Å². The molecule has 0 saturated carbocycles. The van der Waals surface area contributed by atoms with Gasteiger partial charge in [0.05, 0.1) is 24.6 Å². The molecule has 0 amide bonds. The molecular weight excluding hydrogens is 395 g/mol. The predicted molar refractivity (Wildman–Crippen MR) is 119 cm³/mol. The second-order valence-electron chi connectivity index (χ2n) is 8.26. The van der Waals surface area contributed by atoms with Crippen LogP contribution in [0, 0.1) is 5.92 Å². The number of carbonyl (C=O) groups is 1. The van der Waals surface area contributed by atoms with Crippen molar-refractivity contribution in [1.29, 1.82) is 0 Å². The number of Topliss-reactive ketones (excluding diaryl/α,β-unsaturated/α-hetero) is 1. The summed E-state index contributed by atoms with van der Waals surface area (Å²) in [6.45, 7) is 3.40. The Labute approximate surface area is 182 Å². The van der Waals surface area contributed by atoms with Crippen LogP contribution in [-0.4, -0.2) is 54.3 Å². The number of aryl methyl sites for hydroxylation is 1. The molecule has 0 bridgehead atoms. The molecule has 1 aromatic carbocycles. The van der Waals surface area contributed by atoms with E-state index in [1.54, 1.807) is 18.2 Å². The number of phenolic OH excluding ortho intramolecular Hbond substituents is 1. The van der Waals surface area contributed by atoms with Crippen molar-refractivity contribution >= 4 is 11.5 Å². The molecule has 2 heterocycles. The monoisotopic (exact) mass is 424 g/mol. The number of carbonyl (C=O) groups excluding carboxylic acids is 1. The highest BCUT2D eigenvalue weighted by Crippen LogP contribution is 2.36. The number of ether oxygens (including phenoxy) is 1. The molecule has 1 aliphatic carbocycles. The van der Waals surface area contributed by atoms with Crippen molar-refractivity contribution in [3.8, 4) is 5.75 Å². The maximum Gasteiger partial charge on any atom is 0.177 e. The van der Waals surface area contributed by atoms with Gasteiger partial charge in [0.2, 0.25) is 0 Å². The molecule has 1 fully saturated rings. The van der Waals surface area contributed by atoms with Gasteiger partial charge in [0.15, 0.2) is 5.78 Å². The minimum Gasteiger partial charge on any atom is -0.508 e. The van der Waals surface area contributed by atoms with E-state index in [0.717, 1.165) is 18.7 Å². The molecule has 0 radical (unpaired) electrons. The lowest BCUT2D eigenvalue weighted by molar-refractivity contribution is -0.113. The van der Waals surface area contributed by atoms with Crippen molar-refractivity contribution in [1.82, 2.24) is 4.90 Å². The number of rotatable bonds is 7. The van der Waals surface area contributed by atoms with E-state index < -0.39 is 0 Å². The van der Waals surface area contributed by atoms with E-state index in [1.165, 1.54) is 6.08 Å². The normalized spacial score (nSPS) is 21.9. The van der Waals surface area contributed by atoms with Crippen LogP contribution in [0.15, 0.2) is 64.6 Å². The third kappa shape index (κ3) is 5.38. The number of benzene rings is 1. The molecule has 0 aromatic heterocycles. The summed E-state index contributed by atoms with van der Waals surface area (Å²) in [7, 11) is 0. The Morgan fingerprint density at radius 1 is 1.26 bits per heavy atom. The molecule has 1 saturated heterocycles. The first-order valence-electron chi connectivity index (χ1n) is 11.1. The van der Waals surface area contributed by atoms with Gasteiger partial charge >= 0.3 is 0 Å². The number of aliphatic imine (C=N–C) groups is 1. The number of ketones is 1. The first-order valence-corrected chi connectivity index (χ1v) is 11.1. The molecule has 1 N–H and O–H groups in total. The summed E-state index contributed by atoms with van der Waals surface area (Å²) >= 11 is 0. The van der Waals surface area contributed by atoms with Crippen LogP contribution in [0.2, 0.25) is 0 Å². The van der Waals surface area contributed by atoms with Crippen LogP contribution in [0.25, 0.3) is 0 Å². The van der Waals surface area contributed by atoms with Crippen LogP contribution in [-0.2, 0) is 16.0 Å². The fourth-order valence-electron chi connectivity index (χ4n) is 4.40. The van der Waals surface area contributed by atoms with E-state index in [-0.39, 0.29) is 23.3 Å². The van der Waals surface area contributed by atoms with Gasteiger partial charge < -0.3 is 9.84 Å². The fraction of sp³-hybridized carbons (Fsp3) is 0.440. The molecule has 1 atom stereocenters. The van der Waals surface area contributed by atoms with Crippen molar-refractivity contribution in [2.24, 2.45) is 10.9 Å². The van der Waals surface area contributed by atoms with Crippen LogP contribution >= 0.6 is 0 Å². The topological polar surface area (TPSA) is 62.1 Å². The highest BCUT2D eigenvalue weighted by molar-refractivity contribution is 6.40. The van der Waals surface area contributed by atoms with E-state index in [1.807, 2.05) is 18.2 Å². The van der Waals surface area contributed by atoms with Crippen LogP contribution in [0.1, 0.15) is 31.2 Å². The van der Waals surface area contributed by atoms with E-state index in [0.29, 0.717) is 68.8 Å². The van der Waals surface area contributed by atoms with Crippen molar-refractivity contribution in [2.45, 2.75) is 32.1 Å². The summed E-state index contributed by atoms with van der Waals surface area (Å²) in [4.78, 5) is 19.9. The standard InChI is InChI=1S/C25H29FN2O3/c26-20-8-3-7-19-11-12-21(24(30)10-4-6-18-5-1-2-9-23(18)29)27-22(25(19)20)17-28-13-15-31-16-14-28/h1-3,5,7-9,19,29H,4,6,10-17H2. The number of morpholine rings is 1. The number of phenols is 1. The minimum absolute atomic E-state index is 0.0162. The molecule has 31 heavy (non-hydrogen) atoms. The third-order valence-electron chi connectivity index (χ3n) is 6.13. The molecular formula is C25H29FN2O3. The number of nitrogens with zero attached hydrogens (tertiary/aromatic N) is 2. The summed E-state index contributed by atoms with van der Waals surface area (Å²) in [5, 5.41) is 9.92. The molecule has 5 nitrogen and oxygen atoms in total. The summed E-state index contributed by atoms with van der Waals surface area (Å²) in [6.07, 6.45) is 8.13. The first-order chi connectivity index (χ1) is 15.1. The lowest BCUT2D eigenvalue weighted by Gasteiger charge is -2.28. The van der Waals surface area contributed by atoms with Gasteiger partial charge in [-0.3, -0.25) is 14.7 Å². The number of aromatic hydroxyl groups is 1. The Kier molecular flexibility index (Phi) is 7.10. The van der Waals surface area contributed by atoms with Crippen LogP contribution < -0.4 is 0 Å². The van der Waals surface area contributed by atoms with Crippen molar-refractivity contribution in [2.75, 3.05) is 32.8 Å². The maximum atomic E-state index is 14.8. The van der Waals surface area contributed by atoms with Gasteiger partial charge in [0.1, 0.15) is 11.6 Å². The Bertz CT molecular complexity index is 942. The largest absolute Gasteiger partial charge is 0.508 e. The number of para-hydroxylation sites is 1. The zero-order valence-electron chi connectivity index (χ0n) is 17.7. The number of allylic oxidation sites excluding steroid dienone is 5. The second-order valence-corrected chi connectivity index (χ2v) is 8.26. The molecule has 1 aromatic rings. The summed E-state index contributed by atoms with van der Waals surface area (Å²) < 4.78 is 20.2. The van der Waals surface area contributed by atoms with E-state index >= 15 is 0 Å². The number of hydrogen-bond donors (Lipinski definition) is 1. The SMILES string of the molecule is O=C(CCCc1ccccc1O)C1=NC(CN2CCOCC2)=C2C(F)=CC=CC2CC1. The lowest BCUT2D eigenvalue weighted by atomic mass is 9.88. The quantitative estimate of drug-likeness (QED) is 0.715. The third-order valence-corrected chi connectivity index (χ3v) is 6.13. The highest BCUT2D eigenvalue weighted by atomic mass is 19.1. The minimum atomic E-state index is -0.243. The van der Waals surface area contributed by atoms with E-state index in [2.05, 4.69) is 4.90 Å². The zero-order chi connectivity index (χ0) is 21.6. The van der Waals surface area contributed by atoms with Crippen molar-refractivity contribution < 1.29 is 19.0 Å². The van der Waals surface area contributed by atoms with Gasteiger partial charge in [-0.05, 0) is 43.4 Å². The Hall–Kier alpha value is -2.57. The van der Waals surface area contributed by atoms with Crippen LogP contribution in [0.4, 0.5) is 4.39 Å². The average Bonchev–Trinajstić information content (AvgIpc) is 2.96. The smallest absolute Gasteiger partial charge is 0.177 e. The van der Waals surface area contributed by atoms with Crippen molar-refractivity contribution in [3.63, 3.8) is 0 Å². The molecule has 164 valence electrons. The summed E-state index contributed by atoms with van der Waals surface area (Å²) in [5.41, 5.74) is 2.69. The molecule has 4 rings (SSSR count). The Balaban J connectivity index is 1.49. The van der Waals surface area contributed by atoms with Gasteiger partial charge in [0, 0.05) is 37.5 Å². The first kappa shape index (κ1) is 21.7. The van der Waals surface area contributed by atoms with Gasteiger partial charge in [-0.15, -0.1) is 0 Å². The molecule has 3 aliphatic rings. The van der Waals surface area contributed by atoms with Gasteiger partial charge in [-0.1, -0.05) is 30.4 Å². The molecule has 0 spiro atoms. The number of halogens is 1. The van der Waals surface area contributed by atoms with Gasteiger partial charge in [-0.25, -0.2) is 4.39 Å². The fourth-order valence-corrected chi connectivity index (χ4v) is 4.40. The van der Waals surface area contributed by atoms with Crippen LogP contribution in [0.5, 0.6) is 5.75 Å². The maximum absolute atomic E-state index is 14.8. The molecule has 1 unspecified atom stereocenters. The predicted octanol–water partition coefficient (Wildman–Crippen LogP) is 4.14. The Morgan fingerprint density at radius 2 is 2.06 bits per heavy atom. The zero-order valence-corrected chi connectivity index (χ0v) is 17.7. The van der Waals surface area contributed by atoms with Crippen molar-refractivity contribution in [3.05, 3.63) is 65.2 Å². The second kappa shape index (κ2) is 10.2. The van der Waals surface area contributed by atoms with Crippen LogP contribution in [0.3, 0.4) is 0 Å². The Morgan fingerprint density at radius 3 is 2.87 bits per heavy atom.